The van der Waals surface area contributed by atoms with Crippen LogP contribution in [0.5, 0.6) is 5.75 Å². The van der Waals surface area contributed by atoms with Crippen LogP contribution in [0.25, 0.3) is 22.3 Å². The first kappa shape index (κ1) is 21.8. The fraction of sp³-hybridized carbons (Fsp3) is 0.318. The summed E-state index contributed by atoms with van der Waals surface area (Å²) in [5.74, 6) is 1.11. The molecule has 7 nitrogen and oxygen atoms in total. The Morgan fingerprint density at radius 3 is 2.40 bits per heavy atom. The smallest absolute Gasteiger partial charge is 0.269 e. The first-order valence-corrected chi connectivity index (χ1v) is 9.60. The minimum atomic E-state index is -0.452. The van der Waals surface area contributed by atoms with E-state index in [1.54, 1.807) is 32.2 Å². The summed E-state index contributed by atoms with van der Waals surface area (Å²) >= 11 is 0. The van der Waals surface area contributed by atoms with Gasteiger partial charge in [-0.05, 0) is 57.1 Å². The molecule has 0 spiro atoms. The Morgan fingerprint density at radius 2 is 1.80 bits per heavy atom. The van der Waals surface area contributed by atoms with Crippen LogP contribution in [0, 0.1) is 17.0 Å². The lowest BCUT2D eigenvalue weighted by Gasteiger charge is -2.19. The molecule has 0 unspecified atom stereocenters. The Labute approximate surface area is 179 Å². The lowest BCUT2D eigenvalue weighted by atomic mass is 10.0. The van der Waals surface area contributed by atoms with Gasteiger partial charge in [-0.1, -0.05) is 0 Å². The fourth-order valence-electron chi connectivity index (χ4n) is 3.90. The molecule has 2 heterocycles. The molecular formula is C22H23ClN2O5. The highest BCUT2D eigenvalue weighted by Gasteiger charge is 2.21. The highest BCUT2D eigenvalue weighted by atomic mass is 35.5. The summed E-state index contributed by atoms with van der Waals surface area (Å²) in [7, 11) is 1.61. The number of methoxy groups -OCH3 is 1. The Morgan fingerprint density at radius 1 is 1.13 bits per heavy atom. The molecule has 0 bridgehead atoms. The number of hydrogen-bond acceptors (Lipinski definition) is 6. The average molecular weight is 431 g/mol. The van der Waals surface area contributed by atoms with Gasteiger partial charge in [0.2, 0.25) is 0 Å². The Bertz CT molecular complexity index is 1130. The number of benzene rings is 2. The number of likely N-dealkylation sites (tertiary alicyclic amines) is 1. The van der Waals surface area contributed by atoms with Crippen molar-refractivity contribution < 1.29 is 14.1 Å². The van der Waals surface area contributed by atoms with E-state index in [9.17, 15) is 14.9 Å². The Hall–Kier alpha value is -2.90. The van der Waals surface area contributed by atoms with E-state index in [2.05, 4.69) is 4.90 Å². The third kappa shape index (κ3) is 3.91. The molecule has 3 aromatic rings. The van der Waals surface area contributed by atoms with Crippen molar-refractivity contribution in [2.24, 2.45) is 0 Å². The summed E-state index contributed by atoms with van der Waals surface area (Å²) in [5.41, 5.74) is 2.36. The van der Waals surface area contributed by atoms with Crippen molar-refractivity contribution in [3.63, 3.8) is 0 Å². The van der Waals surface area contributed by atoms with Gasteiger partial charge in [0.15, 0.2) is 5.43 Å². The van der Waals surface area contributed by atoms with Gasteiger partial charge in [-0.3, -0.25) is 19.8 Å². The van der Waals surface area contributed by atoms with Crippen LogP contribution in [-0.2, 0) is 6.54 Å². The molecule has 1 fully saturated rings. The third-order valence-electron chi connectivity index (χ3n) is 5.49. The van der Waals surface area contributed by atoms with Gasteiger partial charge in [-0.15, -0.1) is 12.4 Å². The highest BCUT2D eigenvalue weighted by molar-refractivity contribution is 5.85. The van der Waals surface area contributed by atoms with Crippen LogP contribution in [0.2, 0.25) is 0 Å². The number of ether oxygens (including phenoxy) is 1. The third-order valence-corrected chi connectivity index (χ3v) is 5.49. The Kier molecular flexibility index (Phi) is 6.43. The summed E-state index contributed by atoms with van der Waals surface area (Å²) in [6.07, 6.45) is 2.31. The average Bonchev–Trinajstić information content (AvgIpc) is 3.24. The second kappa shape index (κ2) is 8.85. The van der Waals surface area contributed by atoms with Gasteiger partial charge >= 0.3 is 0 Å². The fourth-order valence-corrected chi connectivity index (χ4v) is 3.90. The number of nitro groups is 1. The van der Waals surface area contributed by atoms with Crippen molar-refractivity contribution >= 4 is 29.1 Å². The maximum atomic E-state index is 13.1. The molecule has 2 aromatic carbocycles. The molecule has 8 heteroatoms. The van der Waals surface area contributed by atoms with Gasteiger partial charge in [0.05, 0.1) is 23.0 Å². The van der Waals surface area contributed by atoms with E-state index in [1.165, 1.54) is 12.1 Å². The van der Waals surface area contributed by atoms with E-state index in [1.807, 2.05) is 6.07 Å². The van der Waals surface area contributed by atoms with E-state index in [0.29, 0.717) is 40.2 Å². The molecule has 1 aliphatic rings. The number of nitro benzene ring substituents is 1. The predicted molar refractivity (Wildman–Crippen MR) is 118 cm³/mol. The van der Waals surface area contributed by atoms with Gasteiger partial charge < -0.3 is 9.15 Å². The molecule has 158 valence electrons. The molecular weight excluding hydrogens is 408 g/mol. The summed E-state index contributed by atoms with van der Waals surface area (Å²) < 4.78 is 11.8. The topological polar surface area (TPSA) is 85.8 Å². The lowest BCUT2D eigenvalue weighted by molar-refractivity contribution is -0.384. The van der Waals surface area contributed by atoms with Gasteiger partial charge in [-0.25, -0.2) is 0 Å². The number of nitrogens with zero attached hydrogens (tertiary/aromatic N) is 2. The molecule has 0 aliphatic carbocycles. The zero-order valence-corrected chi connectivity index (χ0v) is 17.7. The van der Waals surface area contributed by atoms with Crippen LogP contribution >= 0.6 is 12.4 Å². The molecule has 1 saturated heterocycles. The summed E-state index contributed by atoms with van der Waals surface area (Å²) in [6, 6.07) is 9.59. The largest absolute Gasteiger partial charge is 0.496 e. The monoisotopic (exact) mass is 430 g/mol. The van der Waals surface area contributed by atoms with Crippen molar-refractivity contribution in [1.82, 2.24) is 4.90 Å². The van der Waals surface area contributed by atoms with Crippen LogP contribution in [-0.4, -0.2) is 30.0 Å². The Balaban J connectivity index is 0.00000256. The van der Waals surface area contributed by atoms with Crippen molar-refractivity contribution in [3.05, 3.63) is 67.9 Å². The van der Waals surface area contributed by atoms with Crippen molar-refractivity contribution in [2.75, 3.05) is 20.2 Å². The zero-order chi connectivity index (χ0) is 20.5. The van der Waals surface area contributed by atoms with Crippen molar-refractivity contribution in [3.8, 4) is 17.1 Å². The maximum absolute atomic E-state index is 13.1. The predicted octanol–water partition coefficient (Wildman–Crippen LogP) is 4.70. The molecule has 0 N–H and O–H groups in total. The number of rotatable bonds is 5. The van der Waals surface area contributed by atoms with Gasteiger partial charge in [-0.2, -0.15) is 0 Å². The van der Waals surface area contributed by atoms with Crippen LogP contribution in [0.15, 0.2) is 45.6 Å². The maximum Gasteiger partial charge on any atom is 0.269 e. The first-order chi connectivity index (χ1) is 14.0. The normalized spacial score (nSPS) is 13.9. The van der Waals surface area contributed by atoms with Gasteiger partial charge in [0, 0.05) is 29.8 Å². The van der Waals surface area contributed by atoms with Crippen molar-refractivity contribution in [1.29, 1.82) is 0 Å². The molecule has 0 saturated carbocycles. The van der Waals surface area contributed by atoms with E-state index < -0.39 is 4.92 Å². The van der Waals surface area contributed by atoms with E-state index in [0.717, 1.165) is 31.5 Å². The second-order valence-electron chi connectivity index (χ2n) is 7.30. The number of halogens is 1. The SMILES string of the molecule is COc1ccc2c(=O)c(C)c(-c3ccc([N+](=O)[O-])cc3)oc2c1CN1CCCC1.Cl. The van der Waals surface area contributed by atoms with E-state index >= 15 is 0 Å². The lowest BCUT2D eigenvalue weighted by Crippen LogP contribution is -2.19. The quantitative estimate of drug-likeness (QED) is 0.430. The van der Waals surface area contributed by atoms with Gasteiger partial charge in [0.1, 0.15) is 17.1 Å². The molecule has 0 amide bonds. The number of fused-ring (bicyclic) bond motifs is 1. The molecule has 4 rings (SSSR count). The van der Waals surface area contributed by atoms with Gasteiger partial charge in [0.25, 0.3) is 5.69 Å². The molecule has 1 aliphatic heterocycles. The molecule has 30 heavy (non-hydrogen) atoms. The van der Waals surface area contributed by atoms with E-state index in [4.69, 9.17) is 9.15 Å². The molecule has 0 atom stereocenters. The second-order valence-corrected chi connectivity index (χ2v) is 7.30. The van der Waals surface area contributed by atoms with E-state index in [-0.39, 0.29) is 23.5 Å². The first-order valence-electron chi connectivity index (χ1n) is 9.60. The minimum Gasteiger partial charge on any atom is -0.496 e. The minimum absolute atomic E-state index is 0. The molecule has 1 aromatic heterocycles. The highest BCUT2D eigenvalue weighted by Crippen LogP contribution is 2.33. The molecule has 0 radical (unpaired) electrons. The van der Waals surface area contributed by atoms with Crippen LogP contribution in [0.1, 0.15) is 24.0 Å². The number of non-ortho nitro benzene ring substituents is 1. The van der Waals surface area contributed by atoms with Crippen LogP contribution in [0.4, 0.5) is 5.69 Å². The summed E-state index contributed by atoms with van der Waals surface area (Å²) in [6.45, 7) is 4.37. The summed E-state index contributed by atoms with van der Waals surface area (Å²) in [5, 5.41) is 11.5. The summed E-state index contributed by atoms with van der Waals surface area (Å²) in [4.78, 5) is 25.9. The van der Waals surface area contributed by atoms with Crippen molar-refractivity contribution in [2.45, 2.75) is 26.3 Å². The standard InChI is InChI=1S/C22H22N2O5.ClH/c1-14-20(25)17-9-10-19(28-2)18(13-23-11-3-4-12-23)22(17)29-21(14)15-5-7-16(8-6-15)24(26)27;/h5-10H,3-4,11-13H2,1-2H3;1H. The van der Waals surface area contributed by atoms with Crippen LogP contribution < -0.4 is 10.2 Å². The number of hydrogen-bond donors (Lipinski definition) is 0. The zero-order valence-electron chi connectivity index (χ0n) is 16.8. The van der Waals surface area contributed by atoms with Crippen LogP contribution in [0.3, 0.4) is 0 Å².